The van der Waals surface area contributed by atoms with Crippen molar-refractivity contribution in [3.8, 4) is 0 Å². The fraction of sp³-hybridized carbons (Fsp3) is 0. The van der Waals surface area contributed by atoms with Gasteiger partial charge >= 0.3 is 0 Å². The molecule has 4 nitrogen and oxygen atoms in total. The van der Waals surface area contributed by atoms with Gasteiger partial charge in [0.25, 0.3) is 0 Å². The monoisotopic (exact) mass is 313 g/mol. The summed E-state index contributed by atoms with van der Waals surface area (Å²) >= 11 is 0. The van der Waals surface area contributed by atoms with E-state index >= 15 is 0 Å². The normalized spacial score (nSPS) is 11.7. The fourth-order valence-corrected chi connectivity index (χ4v) is 3.22. The fourth-order valence-electron chi connectivity index (χ4n) is 3.22. The number of hydrogen-bond donors (Lipinski definition) is 1. The molecule has 0 atom stereocenters. The Kier molecular flexibility index (Phi) is 2.48. The summed E-state index contributed by atoms with van der Waals surface area (Å²) < 4.78 is 5.85. The zero-order valence-corrected chi connectivity index (χ0v) is 12.5. The number of rotatable bonds is 0. The molecule has 0 bridgehead atoms. The van der Waals surface area contributed by atoms with Crippen LogP contribution < -0.4 is 10.9 Å². The van der Waals surface area contributed by atoms with E-state index in [1.54, 1.807) is 30.3 Å². The number of pyridine rings is 1. The van der Waals surface area contributed by atoms with Crippen molar-refractivity contribution in [2.45, 2.75) is 0 Å². The molecule has 0 saturated heterocycles. The number of hydrogen-bond acceptors (Lipinski definition) is 3. The van der Waals surface area contributed by atoms with Crippen molar-refractivity contribution in [1.82, 2.24) is 4.98 Å². The van der Waals surface area contributed by atoms with Crippen LogP contribution >= 0.6 is 0 Å². The maximum absolute atomic E-state index is 12.7. The van der Waals surface area contributed by atoms with Crippen LogP contribution in [-0.4, -0.2) is 4.98 Å². The van der Waals surface area contributed by atoms with Crippen LogP contribution in [0, 0.1) is 0 Å². The molecule has 0 fully saturated rings. The van der Waals surface area contributed by atoms with Gasteiger partial charge in [-0.3, -0.25) is 9.59 Å². The van der Waals surface area contributed by atoms with E-state index in [1.165, 1.54) is 0 Å². The van der Waals surface area contributed by atoms with Crippen molar-refractivity contribution in [2.24, 2.45) is 0 Å². The quantitative estimate of drug-likeness (QED) is 0.440. The van der Waals surface area contributed by atoms with Gasteiger partial charge in [-0.2, -0.15) is 0 Å². The molecular weight excluding hydrogens is 302 g/mol. The number of fused-ring (bicyclic) bond motifs is 4. The highest BCUT2D eigenvalue weighted by Gasteiger charge is 2.11. The molecule has 0 spiro atoms. The summed E-state index contributed by atoms with van der Waals surface area (Å²) in [5.41, 5.74) is 2.16. The number of aromatic amines is 1. The Morgan fingerprint density at radius 2 is 1.33 bits per heavy atom. The molecule has 0 radical (unpaired) electrons. The lowest BCUT2D eigenvalue weighted by molar-refractivity contribution is 0.660. The minimum Gasteiger partial charge on any atom is -0.456 e. The van der Waals surface area contributed by atoms with Gasteiger partial charge in [-0.25, -0.2) is 0 Å². The Morgan fingerprint density at radius 3 is 2.21 bits per heavy atom. The molecule has 114 valence electrons. The maximum atomic E-state index is 12.7. The first kappa shape index (κ1) is 13.1. The van der Waals surface area contributed by atoms with Crippen molar-refractivity contribution in [3.63, 3.8) is 0 Å². The highest BCUT2D eigenvalue weighted by Crippen LogP contribution is 2.23. The van der Waals surface area contributed by atoms with Gasteiger partial charge < -0.3 is 9.40 Å². The number of benzene rings is 3. The third kappa shape index (κ3) is 1.68. The summed E-state index contributed by atoms with van der Waals surface area (Å²) in [6.45, 7) is 0. The Morgan fingerprint density at radius 1 is 0.625 bits per heavy atom. The van der Waals surface area contributed by atoms with Crippen LogP contribution in [0.1, 0.15) is 0 Å². The van der Waals surface area contributed by atoms with E-state index in [0.717, 1.165) is 5.52 Å². The van der Waals surface area contributed by atoms with Crippen LogP contribution in [0.3, 0.4) is 0 Å². The molecular formula is C20H11NO3. The first-order valence-corrected chi connectivity index (χ1v) is 7.63. The largest absolute Gasteiger partial charge is 0.456 e. The molecule has 0 aliphatic carbocycles. The minimum absolute atomic E-state index is 0.0722. The molecule has 1 N–H and O–H groups in total. The van der Waals surface area contributed by atoms with Crippen LogP contribution in [0.5, 0.6) is 0 Å². The average Bonchev–Trinajstić information content (AvgIpc) is 2.62. The van der Waals surface area contributed by atoms with Crippen molar-refractivity contribution >= 4 is 43.7 Å². The van der Waals surface area contributed by atoms with E-state index in [-0.39, 0.29) is 10.9 Å². The van der Waals surface area contributed by atoms with Gasteiger partial charge in [-0.1, -0.05) is 24.3 Å². The average molecular weight is 313 g/mol. The molecule has 5 aromatic rings. The van der Waals surface area contributed by atoms with Gasteiger partial charge in [0, 0.05) is 16.3 Å². The number of nitrogens with one attached hydrogen (secondary N) is 1. The number of aromatic nitrogens is 1. The summed E-state index contributed by atoms with van der Waals surface area (Å²) in [6, 6.07) is 17.8. The van der Waals surface area contributed by atoms with Gasteiger partial charge in [0.2, 0.25) is 5.43 Å². The minimum atomic E-state index is -0.0947. The van der Waals surface area contributed by atoms with Crippen LogP contribution in [0.4, 0.5) is 0 Å². The van der Waals surface area contributed by atoms with E-state index in [0.29, 0.717) is 38.2 Å². The molecule has 3 aromatic carbocycles. The molecule has 0 amide bonds. The van der Waals surface area contributed by atoms with Crippen LogP contribution in [0.25, 0.3) is 43.7 Å². The molecule has 5 rings (SSSR count). The highest BCUT2D eigenvalue weighted by molar-refractivity contribution is 6.01. The third-order valence-corrected chi connectivity index (χ3v) is 4.40. The van der Waals surface area contributed by atoms with Crippen LogP contribution in [0.15, 0.2) is 74.7 Å². The summed E-state index contributed by atoms with van der Waals surface area (Å²) in [7, 11) is 0. The van der Waals surface area contributed by atoms with E-state index in [9.17, 15) is 9.59 Å². The predicted octanol–water partition coefficient (Wildman–Crippen LogP) is 3.94. The first-order valence-electron chi connectivity index (χ1n) is 7.63. The first-order chi connectivity index (χ1) is 11.7. The zero-order chi connectivity index (χ0) is 16.3. The second kappa shape index (κ2) is 4.55. The Labute approximate surface area is 135 Å². The van der Waals surface area contributed by atoms with Crippen LogP contribution in [0.2, 0.25) is 0 Å². The lowest BCUT2D eigenvalue weighted by Gasteiger charge is -2.05. The maximum Gasteiger partial charge on any atom is 0.200 e. The predicted molar refractivity (Wildman–Crippen MR) is 95.6 cm³/mol. The molecule has 24 heavy (non-hydrogen) atoms. The van der Waals surface area contributed by atoms with Crippen molar-refractivity contribution in [2.75, 3.05) is 0 Å². The standard InChI is InChI=1S/C20H11NO3/c22-19-11-5-1-3-7-15(11)21-16-9-14-18(10-13(16)19)24-17-8-4-2-6-12(17)20(14)23/h1-10H,(H,21,22). The Bertz CT molecular complexity index is 1280. The number of para-hydroxylation sites is 2. The number of H-pyrrole nitrogens is 1. The summed E-state index contributed by atoms with van der Waals surface area (Å²) in [6.07, 6.45) is 0. The van der Waals surface area contributed by atoms with Crippen molar-refractivity contribution in [3.05, 3.63) is 81.1 Å². The van der Waals surface area contributed by atoms with Crippen LogP contribution in [-0.2, 0) is 0 Å². The highest BCUT2D eigenvalue weighted by atomic mass is 16.3. The SMILES string of the molecule is O=c1c2ccccc2[nH]c2cc3c(=O)c4ccccc4oc3cc12. The molecule has 2 heterocycles. The smallest absolute Gasteiger partial charge is 0.200 e. The summed E-state index contributed by atoms with van der Waals surface area (Å²) in [5, 5.41) is 2.13. The molecule has 4 heteroatoms. The molecule has 0 aliphatic heterocycles. The molecule has 0 aliphatic rings. The lowest BCUT2D eigenvalue weighted by Crippen LogP contribution is -2.06. The van der Waals surface area contributed by atoms with E-state index in [4.69, 9.17) is 4.42 Å². The second-order valence-corrected chi connectivity index (χ2v) is 5.82. The van der Waals surface area contributed by atoms with E-state index in [1.807, 2.05) is 30.3 Å². The second-order valence-electron chi connectivity index (χ2n) is 5.82. The topological polar surface area (TPSA) is 63.1 Å². The van der Waals surface area contributed by atoms with Crippen molar-refractivity contribution < 1.29 is 4.42 Å². The third-order valence-electron chi connectivity index (χ3n) is 4.40. The van der Waals surface area contributed by atoms with Gasteiger partial charge in [0.15, 0.2) is 5.43 Å². The summed E-state index contributed by atoms with van der Waals surface area (Å²) in [4.78, 5) is 28.7. The molecule has 0 unspecified atom stereocenters. The van der Waals surface area contributed by atoms with Gasteiger partial charge in [0.05, 0.1) is 16.3 Å². The summed E-state index contributed by atoms with van der Waals surface area (Å²) in [5.74, 6) is 0. The lowest BCUT2D eigenvalue weighted by atomic mass is 10.1. The van der Waals surface area contributed by atoms with Gasteiger partial charge in [-0.15, -0.1) is 0 Å². The van der Waals surface area contributed by atoms with E-state index in [2.05, 4.69) is 4.98 Å². The van der Waals surface area contributed by atoms with Gasteiger partial charge in [0.1, 0.15) is 11.2 Å². The van der Waals surface area contributed by atoms with E-state index < -0.39 is 0 Å². The van der Waals surface area contributed by atoms with Gasteiger partial charge in [-0.05, 0) is 36.4 Å². The Balaban J connectivity index is 2.05. The zero-order valence-electron chi connectivity index (χ0n) is 12.5. The van der Waals surface area contributed by atoms with Crippen molar-refractivity contribution in [1.29, 1.82) is 0 Å². The molecule has 0 saturated carbocycles. The Hall–Kier alpha value is -3.40. The molecule has 2 aromatic heterocycles.